The Labute approximate surface area is 95.3 Å². The number of rotatable bonds is 0. The summed E-state index contributed by atoms with van der Waals surface area (Å²) in [4.78, 5) is 0. The van der Waals surface area contributed by atoms with Gasteiger partial charge in [0.05, 0.1) is 11.4 Å². The molecule has 0 spiro atoms. The Morgan fingerprint density at radius 2 is 0.875 bits per heavy atom. The van der Waals surface area contributed by atoms with Crippen molar-refractivity contribution >= 4 is 11.4 Å². The second kappa shape index (κ2) is 5.14. The zero-order valence-electron chi connectivity index (χ0n) is 9.45. The highest BCUT2D eigenvalue weighted by Crippen LogP contribution is 2.31. The molecule has 88 valence electrons. The predicted octanol–water partition coefficient (Wildman–Crippen LogP) is 3.09. The van der Waals surface area contributed by atoms with Gasteiger partial charge in [-0.3, -0.25) is 0 Å². The van der Waals surface area contributed by atoms with Gasteiger partial charge in [0.2, 0.25) is 0 Å². The van der Waals surface area contributed by atoms with Crippen LogP contribution in [-0.4, -0.2) is 21.8 Å². The summed E-state index contributed by atoms with van der Waals surface area (Å²) < 4.78 is 0. The highest BCUT2D eigenvalue weighted by atomic mass is 16.4. The maximum Gasteiger partial charge on any atom is 0.0577 e. The van der Waals surface area contributed by atoms with E-state index < -0.39 is 0 Å². The third-order valence-corrected chi connectivity index (χ3v) is 3.64. The minimum absolute atomic E-state index is 0.899. The molecule has 0 unspecified atom stereocenters. The standard InChI is InChI=1S/C12H18N2O2/c15-13-11-5-1-9(2-6-11)10-3-7-12(14-16)8-4-10/h15-16H,1-8H2. The smallest absolute Gasteiger partial charge is 0.0577 e. The molecule has 0 bridgehead atoms. The molecule has 2 rings (SSSR count). The molecule has 0 saturated heterocycles. The molecule has 0 amide bonds. The van der Waals surface area contributed by atoms with Gasteiger partial charge in [0.15, 0.2) is 0 Å². The summed E-state index contributed by atoms with van der Waals surface area (Å²) in [5.41, 5.74) is 4.95. The fraction of sp³-hybridized carbons (Fsp3) is 0.667. The van der Waals surface area contributed by atoms with E-state index in [2.05, 4.69) is 10.3 Å². The fourth-order valence-electron chi connectivity index (χ4n) is 2.59. The van der Waals surface area contributed by atoms with Crippen molar-refractivity contribution in [3.63, 3.8) is 0 Å². The second-order valence-corrected chi connectivity index (χ2v) is 4.54. The molecule has 2 N–H and O–H groups in total. The number of allylic oxidation sites excluding steroid dienone is 2. The quantitative estimate of drug-likeness (QED) is 0.376. The molecule has 0 atom stereocenters. The zero-order chi connectivity index (χ0) is 11.4. The van der Waals surface area contributed by atoms with Crippen molar-refractivity contribution in [2.75, 3.05) is 0 Å². The summed E-state index contributed by atoms with van der Waals surface area (Å²) in [6, 6.07) is 0. The second-order valence-electron chi connectivity index (χ2n) is 4.54. The first-order chi connectivity index (χ1) is 7.83. The maximum absolute atomic E-state index is 8.68. The lowest BCUT2D eigenvalue weighted by atomic mass is 9.83. The lowest BCUT2D eigenvalue weighted by Gasteiger charge is -2.23. The first kappa shape index (κ1) is 11.2. The molecule has 0 aliphatic heterocycles. The Morgan fingerprint density at radius 3 is 1.12 bits per heavy atom. The van der Waals surface area contributed by atoms with Crippen molar-refractivity contribution in [2.24, 2.45) is 10.3 Å². The van der Waals surface area contributed by atoms with Gasteiger partial charge in [0.1, 0.15) is 0 Å². The molecule has 0 radical (unpaired) electrons. The molecule has 0 aromatic heterocycles. The van der Waals surface area contributed by atoms with E-state index in [0.717, 1.165) is 62.8 Å². The van der Waals surface area contributed by atoms with Crippen LogP contribution in [0.5, 0.6) is 0 Å². The Morgan fingerprint density at radius 1 is 0.562 bits per heavy atom. The van der Waals surface area contributed by atoms with Gasteiger partial charge >= 0.3 is 0 Å². The van der Waals surface area contributed by atoms with Crippen molar-refractivity contribution in [2.45, 2.75) is 51.4 Å². The first-order valence-electron chi connectivity index (χ1n) is 5.93. The van der Waals surface area contributed by atoms with Gasteiger partial charge in [-0.1, -0.05) is 21.5 Å². The largest absolute Gasteiger partial charge is 0.411 e. The molecule has 4 heteroatoms. The van der Waals surface area contributed by atoms with Crippen molar-refractivity contribution in [1.82, 2.24) is 0 Å². The van der Waals surface area contributed by atoms with Gasteiger partial charge < -0.3 is 10.4 Å². The van der Waals surface area contributed by atoms with Crippen LogP contribution in [0.3, 0.4) is 0 Å². The molecule has 4 nitrogen and oxygen atoms in total. The molecular weight excluding hydrogens is 204 g/mol. The van der Waals surface area contributed by atoms with Crippen LogP contribution < -0.4 is 0 Å². The van der Waals surface area contributed by atoms with Crippen molar-refractivity contribution < 1.29 is 10.4 Å². The van der Waals surface area contributed by atoms with Gasteiger partial charge in [-0.25, -0.2) is 0 Å². The van der Waals surface area contributed by atoms with Crippen LogP contribution in [0, 0.1) is 0 Å². The third kappa shape index (κ3) is 2.43. The SMILES string of the molecule is ON=C1CCC(=C2CCC(=NO)CC2)CC1. The van der Waals surface area contributed by atoms with Crippen LogP contribution in [-0.2, 0) is 0 Å². The van der Waals surface area contributed by atoms with Gasteiger partial charge in [-0.2, -0.15) is 0 Å². The molecule has 2 aliphatic carbocycles. The summed E-state index contributed by atoms with van der Waals surface area (Å²) in [5, 5.41) is 24.0. The van der Waals surface area contributed by atoms with Gasteiger partial charge in [-0.05, 0) is 51.4 Å². The average molecular weight is 222 g/mol. The monoisotopic (exact) mass is 222 g/mol. The number of hydrogen-bond donors (Lipinski definition) is 2. The third-order valence-electron chi connectivity index (χ3n) is 3.64. The summed E-state index contributed by atoms with van der Waals surface area (Å²) >= 11 is 0. The number of oxime groups is 2. The van der Waals surface area contributed by atoms with E-state index in [9.17, 15) is 0 Å². The Hall–Kier alpha value is -1.32. The summed E-state index contributed by atoms with van der Waals surface area (Å²) in [5.74, 6) is 0. The molecule has 0 heterocycles. The number of hydrogen-bond acceptors (Lipinski definition) is 4. The summed E-state index contributed by atoms with van der Waals surface area (Å²) in [6.45, 7) is 0. The van der Waals surface area contributed by atoms with E-state index in [0.29, 0.717) is 0 Å². The van der Waals surface area contributed by atoms with E-state index in [1.807, 2.05) is 0 Å². The predicted molar refractivity (Wildman–Crippen MR) is 62.4 cm³/mol. The van der Waals surface area contributed by atoms with Crippen molar-refractivity contribution in [1.29, 1.82) is 0 Å². The first-order valence-corrected chi connectivity index (χ1v) is 5.93. The van der Waals surface area contributed by atoms with Gasteiger partial charge in [-0.15, -0.1) is 0 Å². The lowest BCUT2D eigenvalue weighted by molar-refractivity contribution is 0.314. The molecule has 0 aromatic carbocycles. The van der Waals surface area contributed by atoms with Crippen LogP contribution in [0.4, 0.5) is 0 Å². The van der Waals surface area contributed by atoms with Gasteiger partial charge in [0.25, 0.3) is 0 Å². The Balaban J connectivity index is 1.97. The highest BCUT2D eigenvalue weighted by molar-refractivity contribution is 5.86. The normalized spacial score (nSPS) is 22.2. The minimum atomic E-state index is 0.899. The molecule has 16 heavy (non-hydrogen) atoms. The highest BCUT2D eigenvalue weighted by Gasteiger charge is 2.19. The number of nitrogens with zero attached hydrogens (tertiary/aromatic N) is 2. The van der Waals surface area contributed by atoms with E-state index in [1.54, 1.807) is 11.1 Å². The molecule has 2 fully saturated rings. The fourth-order valence-corrected chi connectivity index (χ4v) is 2.59. The maximum atomic E-state index is 8.68. The average Bonchev–Trinajstić information content (AvgIpc) is 2.39. The molecule has 2 saturated carbocycles. The Bertz CT molecular complexity index is 298. The van der Waals surface area contributed by atoms with Gasteiger partial charge in [0, 0.05) is 0 Å². The Kier molecular flexibility index (Phi) is 3.59. The van der Waals surface area contributed by atoms with Crippen LogP contribution in [0.1, 0.15) is 51.4 Å². The van der Waals surface area contributed by atoms with Crippen LogP contribution >= 0.6 is 0 Å². The molecule has 2 aliphatic rings. The van der Waals surface area contributed by atoms with E-state index in [1.165, 1.54) is 0 Å². The van der Waals surface area contributed by atoms with E-state index >= 15 is 0 Å². The zero-order valence-corrected chi connectivity index (χ0v) is 9.45. The van der Waals surface area contributed by atoms with Crippen LogP contribution in [0.15, 0.2) is 21.5 Å². The molecule has 0 aromatic rings. The van der Waals surface area contributed by atoms with E-state index in [4.69, 9.17) is 10.4 Å². The minimum Gasteiger partial charge on any atom is -0.411 e. The summed E-state index contributed by atoms with van der Waals surface area (Å²) in [6.07, 6.45) is 7.76. The van der Waals surface area contributed by atoms with Crippen LogP contribution in [0.25, 0.3) is 0 Å². The van der Waals surface area contributed by atoms with Crippen molar-refractivity contribution in [3.05, 3.63) is 11.1 Å². The van der Waals surface area contributed by atoms with E-state index in [-0.39, 0.29) is 0 Å². The van der Waals surface area contributed by atoms with Crippen LogP contribution in [0.2, 0.25) is 0 Å². The molecular formula is C12H18N2O2. The topological polar surface area (TPSA) is 65.2 Å². The lowest BCUT2D eigenvalue weighted by Crippen LogP contribution is -2.13. The van der Waals surface area contributed by atoms with Crippen molar-refractivity contribution in [3.8, 4) is 0 Å². The summed E-state index contributed by atoms with van der Waals surface area (Å²) in [7, 11) is 0.